The third-order valence-electron chi connectivity index (χ3n) is 2.66. The highest BCUT2D eigenvalue weighted by molar-refractivity contribution is 9.10. The number of nitrogens with zero attached hydrogens (tertiary/aromatic N) is 3. The average Bonchev–Trinajstić information content (AvgIpc) is 2.82. The van der Waals surface area contributed by atoms with Gasteiger partial charge in [0.1, 0.15) is 12.4 Å². The Morgan fingerprint density at radius 3 is 3.00 bits per heavy atom. The Morgan fingerprint density at radius 2 is 2.26 bits per heavy atom. The number of aromatic nitrogens is 3. The van der Waals surface area contributed by atoms with Crippen molar-refractivity contribution < 1.29 is 4.74 Å². The second-order valence-corrected chi connectivity index (χ2v) is 5.12. The predicted molar refractivity (Wildman–Crippen MR) is 77.2 cm³/mol. The third kappa shape index (κ3) is 4.04. The van der Waals surface area contributed by atoms with Gasteiger partial charge in [0.15, 0.2) is 0 Å². The molecule has 1 aromatic heterocycles. The van der Waals surface area contributed by atoms with Crippen LogP contribution in [0.25, 0.3) is 0 Å². The molecule has 0 spiro atoms. The molecule has 0 saturated carbocycles. The lowest BCUT2D eigenvalue weighted by Gasteiger charge is -2.07. The van der Waals surface area contributed by atoms with Crippen LogP contribution in [0.2, 0.25) is 0 Å². The van der Waals surface area contributed by atoms with Crippen LogP contribution in [-0.4, -0.2) is 28.6 Å². The summed E-state index contributed by atoms with van der Waals surface area (Å²) >= 11 is 3.47. The average molecular weight is 325 g/mol. The van der Waals surface area contributed by atoms with E-state index in [1.54, 1.807) is 4.68 Å². The zero-order chi connectivity index (χ0) is 13.7. The Morgan fingerprint density at radius 1 is 1.42 bits per heavy atom. The number of hydrogen-bond acceptors (Lipinski definition) is 4. The summed E-state index contributed by atoms with van der Waals surface area (Å²) < 4.78 is 8.57. The van der Waals surface area contributed by atoms with Gasteiger partial charge in [0.25, 0.3) is 0 Å². The van der Waals surface area contributed by atoms with Gasteiger partial charge in [-0.1, -0.05) is 21.1 Å². The van der Waals surface area contributed by atoms with E-state index in [9.17, 15) is 0 Å². The molecule has 1 N–H and O–H groups in total. The molecule has 0 unspecified atom stereocenters. The summed E-state index contributed by atoms with van der Waals surface area (Å²) in [6, 6.07) is 5.95. The van der Waals surface area contributed by atoms with Crippen molar-refractivity contribution in [2.75, 3.05) is 13.7 Å². The predicted octanol–water partition coefficient (Wildman–Crippen LogP) is 2.15. The maximum Gasteiger partial charge on any atom is 0.119 e. The van der Waals surface area contributed by atoms with E-state index >= 15 is 0 Å². The number of nitrogens with one attached hydrogen (secondary N) is 1. The van der Waals surface area contributed by atoms with Gasteiger partial charge in [-0.25, -0.2) is 4.68 Å². The summed E-state index contributed by atoms with van der Waals surface area (Å²) in [6.45, 7) is 4.03. The van der Waals surface area contributed by atoms with Gasteiger partial charge in [-0.2, -0.15) is 0 Å². The van der Waals surface area contributed by atoms with Crippen molar-refractivity contribution in [2.45, 2.75) is 20.0 Å². The molecule has 0 aliphatic heterocycles. The second kappa shape index (κ2) is 6.68. The Bertz CT molecular complexity index is 541. The van der Waals surface area contributed by atoms with E-state index in [4.69, 9.17) is 4.74 Å². The molecule has 1 aromatic carbocycles. The van der Waals surface area contributed by atoms with Crippen LogP contribution >= 0.6 is 15.9 Å². The lowest BCUT2D eigenvalue weighted by molar-refractivity contribution is 0.289. The number of ether oxygens (including phenoxy) is 1. The zero-order valence-corrected chi connectivity index (χ0v) is 12.6. The van der Waals surface area contributed by atoms with Crippen molar-refractivity contribution in [1.82, 2.24) is 20.3 Å². The highest BCUT2D eigenvalue weighted by Crippen LogP contribution is 2.21. The minimum Gasteiger partial charge on any atom is -0.492 e. The Kier molecular flexibility index (Phi) is 4.93. The van der Waals surface area contributed by atoms with Crippen molar-refractivity contribution in [1.29, 1.82) is 0 Å². The van der Waals surface area contributed by atoms with Crippen LogP contribution in [0.3, 0.4) is 0 Å². The number of halogens is 1. The molecule has 19 heavy (non-hydrogen) atoms. The molecule has 102 valence electrons. The van der Waals surface area contributed by atoms with Crippen LogP contribution in [0.5, 0.6) is 5.75 Å². The minimum atomic E-state index is 0.573. The Hall–Kier alpha value is -1.40. The van der Waals surface area contributed by atoms with E-state index in [0.29, 0.717) is 13.2 Å². The van der Waals surface area contributed by atoms with E-state index < -0.39 is 0 Å². The van der Waals surface area contributed by atoms with Gasteiger partial charge < -0.3 is 10.1 Å². The topological polar surface area (TPSA) is 52.0 Å². The molecular formula is C13H17BrN4O. The summed E-state index contributed by atoms with van der Waals surface area (Å²) in [5.74, 6) is 0.872. The van der Waals surface area contributed by atoms with E-state index in [2.05, 4.69) is 31.6 Å². The first-order valence-corrected chi connectivity index (χ1v) is 6.91. The monoisotopic (exact) mass is 324 g/mol. The lowest BCUT2D eigenvalue weighted by atomic mass is 10.2. The van der Waals surface area contributed by atoms with Crippen molar-refractivity contribution in [3.63, 3.8) is 0 Å². The molecule has 0 aliphatic rings. The number of rotatable bonds is 6. The maximum atomic E-state index is 5.69. The van der Waals surface area contributed by atoms with Crippen LogP contribution in [0, 0.1) is 6.92 Å². The first-order chi connectivity index (χ1) is 9.19. The minimum absolute atomic E-state index is 0.573. The van der Waals surface area contributed by atoms with Crippen molar-refractivity contribution in [3.8, 4) is 5.75 Å². The summed E-state index contributed by atoms with van der Waals surface area (Å²) in [5, 5.41) is 11.1. The van der Waals surface area contributed by atoms with E-state index in [-0.39, 0.29) is 0 Å². The Labute approximate surface area is 121 Å². The van der Waals surface area contributed by atoms with Gasteiger partial charge in [0.2, 0.25) is 0 Å². The molecule has 0 aliphatic carbocycles. The summed E-state index contributed by atoms with van der Waals surface area (Å²) in [6.07, 6.45) is 1.92. The first-order valence-electron chi connectivity index (χ1n) is 6.11. The first kappa shape index (κ1) is 14.0. The van der Waals surface area contributed by atoms with E-state index in [1.165, 1.54) is 0 Å². The van der Waals surface area contributed by atoms with E-state index in [1.807, 2.05) is 38.4 Å². The molecule has 5 nitrogen and oxygen atoms in total. The molecule has 0 saturated heterocycles. The Balaban J connectivity index is 1.83. The fraction of sp³-hybridized carbons (Fsp3) is 0.385. The van der Waals surface area contributed by atoms with Crippen LogP contribution in [0.4, 0.5) is 0 Å². The molecule has 0 fully saturated rings. The van der Waals surface area contributed by atoms with Crippen molar-refractivity contribution >= 4 is 15.9 Å². The molecule has 0 amide bonds. The molecule has 2 aromatic rings. The van der Waals surface area contributed by atoms with Gasteiger partial charge in [0, 0.05) is 17.2 Å². The molecule has 0 atom stereocenters. The van der Waals surface area contributed by atoms with E-state index in [0.717, 1.165) is 28.0 Å². The molecule has 6 heteroatoms. The number of hydrogen-bond donors (Lipinski definition) is 1. The fourth-order valence-electron chi connectivity index (χ4n) is 1.67. The van der Waals surface area contributed by atoms with Crippen LogP contribution in [0.1, 0.15) is 11.3 Å². The normalized spacial score (nSPS) is 10.7. The molecular weight excluding hydrogens is 308 g/mol. The van der Waals surface area contributed by atoms with Gasteiger partial charge in [-0.3, -0.25) is 0 Å². The summed E-state index contributed by atoms with van der Waals surface area (Å²) in [4.78, 5) is 0. The molecule has 0 radical (unpaired) electrons. The van der Waals surface area contributed by atoms with Gasteiger partial charge in [-0.05, 0) is 37.7 Å². The van der Waals surface area contributed by atoms with Crippen LogP contribution in [0.15, 0.2) is 28.9 Å². The molecule has 1 heterocycles. The van der Waals surface area contributed by atoms with Gasteiger partial charge >= 0.3 is 0 Å². The largest absolute Gasteiger partial charge is 0.492 e. The third-order valence-corrected chi connectivity index (χ3v) is 3.55. The number of aryl methyl sites for hydroxylation is 1. The SMILES string of the molecule is CNCc1cn(CCOc2ccc(Br)c(C)c2)nn1. The van der Waals surface area contributed by atoms with Gasteiger partial charge in [0.05, 0.1) is 12.2 Å². The number of benzene rings is 1. The lowest BCUT2D eigenvalue weighted by Crippen LogP contribution is -2.09. The highest BCUT2D eigenvalue weighted by atomic mass is 79.9. The maximum absolute atomic E-state index is 5.69. The quantitative estimate of drug-likeness (QED) is 0.884. The van der Waals surface area contributed by atoms with Crippen molar-refractivity contribution in [3.05, 3.63) is 40.1 Å². The molecule has 2 rings (SSSR count). The second-order valence-electron chi connectivity index (χ2n) is 4.26. The zero-order valence-electron chi connectivity index (χ0n) is 11.1. The van der Waals surface area contributed by atoms with Crippen LogP contribution < -0.4 is 10.1 Å². The van der Waals surface area contributed by atoms with Crippen LogP contribution in [-0.2, 0) is 13.1 Å². The van der Waals surface area contributed by atoms with Gasteiger partial charge in [-0.15, -0.1) is 5.10 Å². The smallest absolute Gasteiger partial charge is 0.119 e. The molecule has 0 bridgehead atoms. The summed E-state index contributed by atoms with van der Waals surface area (Å²) in [7, 11) is 1.89. The fourth-order valence-corrected chi connectivity index (χ4v) is 1.92. The standard InChI is InChI=1S/C13H17BrN4O/c1-10-7-12(3-4-13(10)14)19-6-5-18-9-11(8-15-2)16-17-18/h3-4,7,9,15H,5-6,8H2,1-2H3. The van der Waals surface area contributed by atoms with Crippen molar-refractivity contribution in [2.24, 2.45) is 0 Å². The summed E-state index contributed by atoms with van der Waals surface area (Å²) in [5.41, 5.74) is 2.09. The highest BCUT2D eigenvalue weighted by Gasteiger charge is 2.01.